The number of rotatable bonds is 18. The molecule has 17 nitrogen and oxygen atoms in total. The van der Waals surface area contributed by atoms with E-state index in [0.717, 1.165) is 0 Å². The molecule has 1 heterocycles. The standard InChI is InChI=1S/C45H59N9O8/c1-7-45(4,5)26-62-31-10-11-32(27(2)22-31)41(56)52-35(14-15-46)44(59)54(6)39-30-9-13-38(61-21-18-49)34(25-30)33-23-29(8-12-37(33)60-20-17-48)24-36(42(57)50-19-16-47)53-40(55)28(3)51-43(39)58/h7-13,22-23,25,28,35-36,39H,1,14-15,17-21,24,26,46,48-49H2,2-6H3,(H,50,57)(H,51,58)(H,52,56)(H,53,55)/t28-,35-,36-,39-/m0/s1. The summed E-state index contributed by atoms with van der Waals surface area (Å²) in [5.41, 5.74) is 20.2. The van der Waals surface area contributed by atoms with Crippen LogP contribution in [0.4, 0.5) is 0 Å². The number of nitriles is 1. The summed E-state index contributed by atoms with van der Waals surface area (Å²) < 4.78 is 18.1. The summed E-state index contributed by atoms with van der Waals surface area (Å²) in [7, 11) is 1.42. The smallest absolute Gasteiger partial charge is 0.252 e. The largest absolute Gasteiger partial charge is 0.493 e. The van der Waals surface area contributed by atoms with Gasteiger partial charge in [0.2, 0.25) is 23.6 Å². The highest BCUT2D eigenvalue weighted by Crippen LogP contribution is 2.40. The number of carbonyl (C=O) groups excluding carboxylic acids is 5. The Balaban J connectivity index is 1.81. The monoisotopic (exact) mass is 853 g/mol. The summed E-state index contributed by atoms with van der Waals surface area (Å²) in [5.74, 6) is -1.90. The molecule has 4 atom stereocenters. The fraction of sp³-hybridized carbons (Fsp3) is 0.422. The van der Waals surface area contributed by atoms with Crippen molar-refractivity contribution >= 4 is 29.5 Å². The normalized spacial score (nSPS) is 16.9. The Kier molecular flexibility index (Phi) is 17.4. The zero-order valence-electron chi connectivity index (χ0n) is 36.0. The third kappa shape index (κ3) is 12.5. The molecule has 1 aliphatic heterocycles. The number of nitrogens with zero attached hydrogens (tertiary/aromatic N) is 2. The average molecular weight is 854 g/mol. The maximum Gasteiger partial charge on any atom is 0.252 e. The molecule has 4 bridgehead atoms. The van der Waals surface area contributed by atoms with Crippen LogP contribution in [0.3, 0.4) is 0 Å². The molecule has 5 amide bonds. The number of hydrogen-bond acceptors (Lipinski definition) is 12. The first-order valence-electron chi connectivity index (χ1n) is 20.4. The van der Waals surface area contributed by atoms with E-state index >= 15 is 0 Å². The van der Waals surface area contributed by atoms with Crippen LogP contribution in [-0.4, -0.2) is 106 Å². The molecule has 0 aliphatic carbocycles. The van der Waals surface area contributed by atoms with Crippen LogP contribution in [0.1, 0.15) is 60.3 Å². The molecular formula is C45H59N9O8. The predicted octanol–water partition coefficient (Wildman–Crippen LogP) is 1.76. The van der Waals surface area contributed by atoms with Gasteiger partial charge in [-0.1, -0.05) is 32.1 Å². The second kappa shape index (κ2) is 22.4. The van der Waals surface area contributed by atoms with Gasteiger partial charge in [-0.05, 0) is 86.0 Å². The van der Waals surface area contributed by atoms with Gasteiger partial charge in [0.1, 0.15) is 61.2 Å². The number of aryl methyl sites for hydroxylation is 1. The molecule has 0 fully saturated rings. The van der Waals surface area contributed by atoms with Crippen molar-refractivity contribution in [2.45, 2.75) is 64.7 Å². The molecule has 0 saturated heterocycles. The van der Waals surface area contributed by atoms with Crippen LogP contribution >= 0.6 is 0 Å². The van der Waals surface area contributed by atoms with Crippen LogP contribution in [0.15, 0.2) is 67.3 Å². The Morgan fingerprint density at radius 2 is 1.61 bits per heavy atom. The maximum atomic E-state index is 14.6. The summed E-state index contributed by atoms with van der Waals surface area (Å²) in [6.07, 6.45) is 1.83. The summed E-state index contributed by atoms with van der Waals surface area (Å²) >= 11 is 0. The highest BCUT2D eigenvalue weighted by molar-refractivity contribution is 6.00. The van der Waals surface area contributed by atoms with E-state index in [1.165, 1.54) is 18.9 Å². The zero-order chi connectivity index (χ0) is 45.6. The number of ether oxygens (including phenoxy) is 3. The minimum absolute atomic E-state index is 0.00611. The summed E-state index contributed by atoms with van der Waals surface area (Å²) in [4.78, 5) is 71.0. The van der Waals surface area contributed by atoms with Gasteiger partial charge in [0.05, 0.1) is 12.7 Å². The van der Waals surface area contributed by atoms with E-state index in [-0.39, 0.29) is 57.6 Å². The predicted molar refractivity (Wildman–Crippen MR) is 234 cm³/mol. The molecule has 0 spiro atoms. The highest BCUT2D eigenvalue weighted by Gasteiger charge is 2.36. The quantitative estimate of drug-likeness (QED) is 0.0713. The first-order chi connectivity index (χ1) is 29.6. The summed E-state index contributed by atoms with van der Waals surface area (Å²) in [6.45, 7) is 11.8. The number of nitrogens with two attached hydrogens (primary N) is 3. The van der Waals surface area contributed by atoms with Crippen molar-refractivity contribution < 1.29 is 38.2 Å². The number of benzene rings is 3. The second-order valence-corrected chi connectivity index (χ2v) is 15.6. The lowest BCUT2D eigenvalue weighted by molar-refractivity contribution is -0.141. The summed E-state index contributed by atoms with van der Waals surface area (Å²) in [6, 6.07) is 12.1. The van der Waals surface area contributed by atoms with Crippen LogP contribution in [0.25, 0.3) is 11.1 Å². The Labute approximate surface area is 362 Å². The molecule has 0 unspecified atom stereocenters. The number of hydrogen-bond donors (Lipinski definition) is 7. The van der Waals surface area contributed by atoms with Crippen LogP contribution in [-0.2, 0) is 25.6 Å². The van der Waals surface area contributed by atoms with E-state index in [9.17, 15) is 24.0 Å². The molecule has 17 heteroatoms. The molecule has 3 aromatic rings. The van der Waals surface area contributed by atoms with Crippen molar-refractivity contribution in [3.8, 4) is 34.4 Å². The van der Waals surface area contributed by atoms with Crippen LogP contribution in [0, 0.1) is 23.7 Å². The maximum absolute atomic E-state index is 14.6. The van der Waals surface area contributed by atoms with Gasteiger partial charge < -0.3 is 57.6 Å². The molecule has 4 rings (SSSR count). The first-order valence-corrected chi connectivity index (χ1v) is 20.4. The van der Waals surface area contributed by atoms with Gasteiger partial charge in [0, 0.05) is 48.7 Å². The van der Waals surface area contributed by atoms with Crippen molar-refractivity contribution in [2.24, 2.45) is 22.6 Å². The van der Waals surface area contributed by atoms with Gasteiger partial charge in [-0.2, -0.15) is 5.26 Å². The van der Waals surface area contributed by atoms with Crippen molar-refractivity contribution in [2.75, 3.05) is 53.0 Å². The van der Waals surface area contributed by atoms with Crippen molar-refractivity contribution in [1.82, 2.24) is 26.2 Å². The van der Waals surface area contributed by atoms with E-state index in [1.807, 2.05) is 19.9 Å². The van der Waals surface area contributed by atoms with E-state index in [1.54, 1.807) is 67.6 Å². The average Bonchev–Trinajstić information content (AvgIpc) is 3.25. The van der Waals surface area contributed by atoms with Gasteiger partial charge >= 0.3 is 0 Å². The molecule has 62 heavy (non-hydrogen) atoms. The Morgan fingerprint density at radius 3 is 2.23 bits per heavy atom. The summed E-state index contributed by atoms with van der Waals surface area (Å²) in [5, 5.41) is 19.9. The second-order valence-electron chi connectivity index (χ2n) is 15.6. The van der Waals surface area contributed by atoms with Gasteiger partial charge in [-0.3, -0.25) is 24.0 Å². The number of amides is 5. The van der Waals surface area contributed by atoms with Gasteiger partial charge in [0.25, 0.3) is 5.91 Å². The highest BCUT2D eigenvalue weighted by atomic mass is 16.5. The fourth-order valence-electron chi connectivity index (χ4n) is 6.67. The lowest BCUT2D eigenvalue weighted by Crippen LogP contribution is -2.56. The Bertz CT molecular complexity index is 2150. The third-order valence-electron chi connectivity index (χ3n) is 10.2. The molecular weight excluding hydrogens is 795 g/mol. The molecule has 0 aromatic heterocycles. The first kappa shape index (κ1) is 48.2. The van der Waals surface area contributed by atoms with Crippen molar-refractivity contribution in [3.63, 3.8) is 0 Å². The van der Waals surface area contributed by atoms with Crippen LogP contribution < -0.4 is 52.7 Å². The van der Waals surface area contributed by atoms with Crippen LogP contribution in [0.5, 0.6) is 17.2 Å². The minimum Gasteiger partial charge on any atom is -0.493 e. The molecule has 1 aliphatic rings. The van der Waals surface area contributed by atoms with Crippen LogP contribution in [0.2, 0.25) is 0 Å². The number of carbonyl (C=O) groups is 5. The Morgan fingerprint density at radius 1 is 0.952 bits per heavy atom. The molecule has 3 aromatic carbocycles. The molecule has 0 radical (unpaired) electrons. The lowest BCUT2D eigenvalue weighted by atomic mass is 9.93. The Hall–Kier alpha value is -6.48. The lowest BCUT2D eigenvalue weighted by Gasteiger charge is -2.32. The van der Waals surface area contributed by atoms with Gasteiger partial charge in [-0.25, -0.2) is 0 Å². The van der Waals surface area contributed by atoms with E-state index in [4.69, 9.17) is 36.7 Å². The topological polar surface area (TPSA) is 266 Å². The fourth-order valence-corrected chi connectivity index (χ4v) is 6.67. The van der Waals surface area contributed by atoms with E-state index < -0.39 is 53.7 Å². The molecule has 0 saturated carbocycles. The molecule has 332 valence electrons. The number of nitrogens with one attached hydrogen (secondary N) is 4. The van der Waals surface area contributed by atoms with Gasteiger partial charge in [-0.15, -0.1) is 6.58 Å². The van der Waals surface area contributed by atoms with Gasteiger partial charge in [0.15, 0.2) is 0 Å². The third-order valence-corrected chi connectivity index (χ3v) is 10.2. The number of fused-ring (bicyclic) bond motifs is 5. The minimum atomic E-state index is -1.38. The zero-order valence-corrected chi connectivity index (χ0v) is 36.0. The molecule has 10 N–H and O–H groups in total. The van der Waals surface area contributed by atoms with Crippen molar-refractivity contribution in [3.05, 3.63) is 89.5 Å². The SMILES string of the molecule is C=CC(C)(C)COc1ccc(C(=O)N[C@@H](CCN)C(=O)N(C)[C@@H]2C(=O)N[C@@H](C)C(=O)N[C@H](C(=O)NCC#N)Cc3ccc(OCCN)c(c3)-c3cc2ccc3OCCN)c(C)c1. The van der Waals surface area contributed by atoms with E-state index in [2.05, 4.69) is 27.8 Å². The number of likely N-dealkylation sites (N-methyl/N-ethyl adjacent to an activating group) is 1. The van der Waals surface area contributed by atoms with Crippen molar-refractivity contribution in [1.29, 1.82) is 5.26 Å². The van der Waals surface area contributed by atoms with E-state index in [0.29, 0.717) is 57.2 Å².